The number of fused-ring (bicyclic) bond motifs is 1. The molecule has 0 bridgehead atoms. The molecule has 1 aliphatic heterocycles. The van der Waals surface area contributed by atoms with Gasteiger partial charge >= 0.3 is 6.09 Å². The van der Waals surface area contributed by atoms with Gasteiger partial charge in [0.2, 0.25) is 5.91 Å². The smallest absolute Gasteiger partial charge is 0.407 e. The Morgan fingerprint density at radius 2 is 1.47 bits per heavy atom. The molecule has 8 nitrogen and oxygen atoms in total. The highest BCUT2D eigenvalue weighted by Gasteiger charge is 2.42. The van der Waals surface area contributed by atoms with E-state index in [0.717, 1.165) is 10.5 Å². The van der Waals surface area contributed by atoms with E-state index >= 15 is 0 Å². The van der Waals surface area contributed by atoms with Crippen LogP contribution in [-0.2, 0) is 16.0 Å². The minimum Gasteiger partial charge on any atom is -0.450 e. The minimum atomic E-state index is -1.01. The number of rotatable bonds is 8. The SMILES string of the molecule is CCOC(=O)NCCNC(=O)C(Cc1ccccc1)N1C(=O)c2ccccc2C1=O. The van der Waals surface area contributed by atoms with Crippen LogP contribution in [0, 0.1) is 0 Å². The number of nitrogens with one attached hydrogen (secondary N) is 2. The van der Waals surface area contributed by atoms with Gasteiger partial charge in [0.05, 0.1) is 17.7 Å². The fourth-order valence-electron chi connectivity index (χ4n) is 3.28. The Kier molecular flexibility index (Phi) is 6.79. The van der Waals surface area contributed by atoms with Crippen LogP contribution in [0.15, 0.2) is 54.6 Å². The van der Waals surface area contributed by atoms with Gasteiger partial charge in [-0.05, 0) is 24.6 Å². The molecule has 8 heteroatoms. The number of carbonyl (C=O) groups is 4. The zero-order chi connectivity index (χ0) is 21.5. The number of amides is 4. The average Bonchev–Trinajstić information content (AvgIpc) is 3.01. The normalized spacial score (nSPS) is 13.6. The van der Waals surface area contributed by atoms with Crippen LogP contribution in [0.2, 0.25) is 0 Å². The lowest BCUT2D eigenvalue weighted by Crippen LogP contribution is -2.51. The van der Waals surface area contributed by atoms with Crippen molar-refractivity contribution in [2.75, 3.05) is 19.7 Å². The van der Waals surface area contributed by atoms with E-state index in [4.69, 9.17) is 4.74 Å². The van der Waals surface area contributed by atoms with Gasteiger partial charge in [-0.25, -0.2) is 4.79 Å². The van der Waals surface area contributed by atoms with Crippen molar-refractivity contribution in [3.05, 3.63) is 71.3 Å². The van der Waals surface area contributed by atoms with Gasteiger partial charge in [-0.15, -0.1) is 0 Å². The first kappa shape index (κ1) is 21.0. The largest absolute Gasteiger partial charge is 0.450 e. The van der Waals surface area contributed by atoms with E-state index in [0.29, 0.717) is 0 Å². The van der Waals surface area contributed by atoms with Crippen LogP contribution < -0.4 is 10.6 Å². The van der Waals surface area contributed by atoms with Gasteiger partial charge in [0, 0.05) is 19.5 Å². The molecule has 0 saturated heterocycles. The van der Waals surface area contributed by atoms with E-state index in [-0.39, 0.29) is 37.2 Å². The molecule has 2 aromatic carbocycles. The van der Waals surface area contributed by atoms with Crippen molar-refractivity contribution in [3.63, 3.8) is 0 Å². The number of ether oxygens (including phenoxy) is 1. The van der Waals surface area contributed by atoms with Crippen molar-refractivity contribution in [3.8, 4) is 0 Å². The molecular formula is C22H23N3O5. The van der Waals surface area contributed by atoms with Gasteiger partial charge in [0.1, 0.15) is 6.04 Å². The standard InChI is InChI=1S/C22H23N3O5/c1-2-30-22(29)24-13-12-23-19(26)18(14-15-8-4-3-5-9-15)25-20(27)16-10-6-7-11-17(16)21(25)28/h3-11,18H,2,12-14H2,1H3,(H,23,26)(H,24,29). The molecular weight excluding hydrogens is 386 g/mol. The summed E-state index contributed by atoms with van der Waals surface area (Å²) < 4.78 is 4.76. The molecule has 30 heavy (non-hydrogen) atoms. The minimum absolute atomic E-state index is 0.131. The van der Waals surface area contributed by atoms with Gasteiger partial charge in [-0.2, -0.15) is 0 Å². The van der Waals surface area contributed by atoms with Crippen LogP contribution in [0.3, 0.4) is 0 Å². The monoisotopic (exact) mass is 409 g/mol. The van der Waals surface area contributed by atoms with Crippen molar-refractivity contribution < 1.29 is 23.9 Å². The summed E-state index contributed by atoms with van der Waals surface area (Å²) >= 11 is 0. The summed E-state index contributed by atoms with van der Waals surface area (Å²) in [4.78, 5) is 51.1. The molecule has 0 saturated carbocycles. The van der Waals surface area contributed by atoms with Crippen LogP contribution >= 0.6 is 0 Å². The quantitative estimate of drug-likeness (QED) is 0.511. The molecule has 1 unspecified atom stereocenters. The van der Waals surface area contributed by atoms with Gasteiger partial charge in [0.15, 0.2) is 0 Å². The maximum Gasteiger partial charge on any atom is 0.407 e. The van der Waals surface area contributed by atoms with E-state index < -0.39 is 29.9 Å². The molecule has 3 rings (SSSR count). The average molecular weight is 409 g/mol. The summed E-state index contributed by atoms with van der Waals surface area (Å²) in [6.45, 7) is 2.23. The van der Waals surface area contributed by atoms with Crippen molar-refractivity contribution in [1.29, 1.82) is 0 Å². The molecule has 156 valence electrons. The first-order valence-electron chi connectivity index (χ1n) is 9.72. The number of nitrogens with zero attached hydrogens (tertiary/aromatic N) is 1. The first-order valence-corrected chi connectivity index (χ1v) is 9.72. The van der Waals surface area contributed by atoms with Gasteiger partial charge in [-0.3, -0.25) is 19.3 Å². The molecule has 1 atom stereocenters. The van der Waals surface area contributed by atoms with Crippen molar-refractivity contribution in [2.45, 2.75) is 19.4 Å². The van der Waals surface area contributed by atoms with E-state index in [9.17, 15) is 19.2 Å². The third-order valence-electron chi connectivity index (χ3n) is 4.68. The molecule has 4 amide bonds. The Morgan fingerprint density at radius 3 is 2.07 bits per heavy atom. The van der Waals surface area contributed by atoms with Crippen LogP contribution in [-0.4, -0.2) is 54.5 Å². The van der Waals surface area contributed by atoms with E-state index in [1.807, 2.05) is 30.3 Å². The third kappa shape index (κ3) is 4.65. The van der Waals surface area contributed by atoms with Gasteiger partial charge in [0.25, 0.3) is 11.8 Å². The highest BCUT2D eigenvalue weighted by Crippen LogP contribution is 2.26. The Hall–Kier alpha value is -3.68. The summed E-state index contributed by atoms with van der Waals surface area (Å²) in [6.07, 6.45) is -0.392. The fraction of sp³-hybridized carbons (Fsp3) is 0.273. The Bertz CT molecular complexity index is 910. The van der Waals surface area contributed by atoms with Crippen molar-refractivity contribution in [1.82, 2.24) is 15.5 Å². The second-order valence-electron chi connectivity index (χ2n) is 6.67. The third-order valence-corrected chi connectivity index (χ3v) is 4.68. The molecule has 1 heterocycles. The summed E-state index contributed by atoms with van der Waals surface area (Å²) in [5, 5.41) is 5.20. The van der Waals surface area contributed by atoms with E-state index in [2.05, 4.69) is 10.6 Å². The number of hydrogen-bond donors (Lipinski definition) is 2. The van der Waals surface area contributed by atoms with Crippen LogP contribution in [0.25, 0.3) is 0 Å². The lowest BCUT2D eigenvalue weighted by molar-refractivity contribution is -0.125. The lowest BCUT2D eigenvalue weighted by atomic mass is 10.0. The maximum atomic E-state index is 12.9. The van der Waals surface area contributed by atoms with Crippen molar-refractivity contribution >= 4 is 23.8 Å². The van der Waals surface area contributed by atoms with Crippen LogP contribution in [0.5, 0.6) is 0 Å². The topological polar surface area (TPSA) is 105 Å². The summed E-state index contributed by atoms with van der Waals surface area (Å²) in [6, 6.07) is 14.7. The van der Waals surface area contributed by atoms with Crippen molar-refractivity contribution in [2.24, 2.45) is 0 Å². The van der Waals surface area contributed by atoms with Gasteiger partial charge < -0.3 is 15.4 Å². The lowest BCUT2D eigenvalue weighted by Gasteiger charge is -2.25. The second-order valence-corrected chi connectivity index (χ2v) is 6.67. The number of hydrogen-bond acceptors (Lipinski definition) is 5. The molecule has 0 radical (unpaired) electrons. The Morgan fingerprint density at radius 1 is 0.900 bits per heavy atom. The number of imide groups is 1. The van der Waals surface area contributed by atoms with E-state index in [1.165, 1.54) is 0 Å². The molecule has 2 aromatic rings. The highest BCUT2D eigenvalue weighted by atomic mass is 16.5. The number of carbonyl (C=O) groups excluding carboxylic acids is 4. The fourth-order valence-corrected chi connectivity index (χ4v) is 3.28. The number of alkyl carbamates (subject to hydrolysis) is 1. The first-order chi connectivity index (χ1) is 14.5. The zero-order valence-electron chi connectivity index (χ0n) is 16.6. The predicted molar refractivity (Wildman–Crippen MR) is 109 cm³/mol. The maximum absolute atomic E-state index is 12.9. The molecule has 0 aliphatic carbocycles. The molecule has 0 spiro atoms. The molecule has 2 N–H and O–H groups in total. The van der Waals surface area contributed by atoms with Crippen LogP contribution in [0.1, 0.15) is 33.2 Å². The Labute approximate surface area is 174 Å². The molecule has 1 aliphatic rings. The summed E-state index contributed by atoms with van der Waals surface area (Å²) in [7, 11) is 0. The van der Waals surface area contributed by atoms with Gasteiger partial charge in [-0.1, -0.05) is 42.5 Å². The summed E-state index contributed by atoms with van der Waals surface area (Å²) in [5.41, 5.74) is 1.40. The Balaban J connectivity index is 1.74. The molecule has 0 fully saturated rings. The second kappa shape index (κ2) is 9.69. The van der Waals surface area contributed by atoms with E-state index in [1.54, 1.807) is 31.2 Å². The predicted octanol–water partition coefficient (Wildman–Crippen LogP) is 1.76. The summed E-state index contributed by atoms with van der Waals surface area (Å²) in [5.74, 6) is -1.45. The highest BCUT2D eigenvalue weighted by molar-refractivity contribution is 6.22. The zero-order valence-corrected chi connectivity index (χ0v) is 16.6. The van der Waals surface area contributed by atoms with Crippen LogP contribution in [0.4, 0.5) is 4.79 Å². The molecule has 0 aromatic heterocycles. The number of benzene rings is 2.